The van der Waals surface area contributed by atoms with Gasteiger partial charge in [0.2, 0.25) is 5.91 Å². The van der Waals surface area contributed by atoms with E-state index in [1.54, 1.807) is 0 Å². The fourth-order valence-electron chi connectivity index (χ4n) is 2.32. The van der Waals surface area contributed by atoms with Crippen molar-refractivity contribution in [3.8, 4) is 0 Å². The SMILES string of the molecule is CN(CCCNC(=O)Cn1cc([N+](=O)[O-])ccc1=O)c1ccccc1. The Labute approximate surface area is 144 Å². The van der Waals surface area contributed by atoms with Crippen LogP contribution in [0.15, 0.2) is 53.5 Å². The number of amides is 1. The number of nitrogens with one attached hydrogen (secondary N) is 1. The Bertz CT molecular complexity index is 789. The first-order valence-corrected chi connectivity index (χ1v) is 7.85. The van der Waals surface area contributed by atoms with Gasteiger partial charge in [0, 0.05) is 38.0 Å². The van der Waals surface area contributed by atoms with Crippen LogP contribution in [0.4, 0.5) is 11.4 Å². The molecule has 8 heteroatoms. The maximum Gasteiger partial charge on any atom is 0.285 e. The maximum absolute atomic E-state index is 11.9. The molecular formula is C17H20N4O4. The molecule has 2 aromatic rings. The Balaban J connectivity index is 1.79. The van der Waals surface area contributed by atoms with Crippen molar-refractivity contribution < 1.29 is 9.72 Å². The van der Waals surface area contributed by atoms with Gasteiger partial charge in [-0.25, -0.2) is 0 Å². The van der Waals surface area contributed by atoms with E-state index in [-0.39, 0.29) is 18.1 Å². The normalized spacial score (nSPS) is 10.3. The van der Waals surface area contributed by atoms with E-state index < -0.39 is 10.5 Å². The number of hydrogen-bond donors (Lipinski definition) is 1. The summed E-state index contributed by atoms with van der Waals surface area (Å²) in [7, 11) is 1.97. The van der Waals surface area contributed by atoms with E-state index in [2.05, 4.69) is 10.2 Å². The Morgan fingerprint density at radius 1 is 1.24 bits per heavy atom. The van der Waals surface area contributed by atoms with Gasteiger partial charge in [0.1, 0.15) is 6.54 Å². The first-order valence-electron chi connectivity index (χ1n) is 7.85. The highest BCUT2D eigenvalue weighted by molar-refractivity contribution is 5.75. The third-order valence-corrected chi connectivity index (χ3v) is 3.68. The Kier molecular flexibility index (Phi) is 6.27. The van der Waals surface area contributed by atoms with E-state index >= 15 is 0 Å². The molecule has 0 aliphatic heterocycles. The van der Waals surface area contributed by atoms with Crippen LogP contribution in [0.1, 0.15) is 6.42 Å². The Hall–Kier alpha value is -3.16. The lowest BCUT2D eigenvalue weighted by Gasteiger charge is -2.19. The number of nitro groups is 1. The summed E-state index contributed by atoms with van der Waals surface area (Å²) in [4.78, 5) is 35.8. The molecule has 0 unspecified atom stereocenters. The largest absolute Gasteiger partial charge is 0.375 e. The number of aromatic nitrogens is 1. The number of pyridine rings is 1. The quantitative estimate of drug-likeness (QED) is 0.443. The predicted molar refractivity (Wildman–Crippen MR) is 94.7 cm³/mol. The van der Waals surface area contributed by atoms with Gasteiger partial charge < -0.3 is 10.2 Å². The van der Waals surface area contributed by atoms with Crippen molar-refractivity contribution in [2.24, 2.45) is 0 Å². The lowest BCUT2D eigenvalue weighted by Crippen LogP contribution is -2.33. The van der Waals surface area contributed by atoms with Gasteiger partial charge in [-0.2, -0.15) is 0 Å². The lowest BCUT2D eigenvalue weighted by molar-refractivity contribution is -0.385. The molecule has 0 atom stereocenters. The zero-order valence-corrected chi connectivity index (χ0v) is 13.9. The van der Waals surface area contributed by atoms with Crippen LogP contribution in [0.3, 0.4) is 0 Å². The number of carbonyl (C=O) groups is 1. The second kappa shape index (κ2) is 8.62. The van der Waals surface area contributed by atoms with Crippen LogP contribution in [-0.2, 0) is 11.3 Å². The average molecular weight is 344 g/mol. The summed E-state index contributed by atoms with van der Waals surface area (Å²) in [6, 6.07) is 12.1. The van der Waals surface area contributed by atoms with Gasteiger partial charge in [0.25, 0.3) is 11.2 Å². The Morgan fingerprint density at radius 3 is 2.64 bits per heavy atom. The minimum Gasteiger partial charge on any atom is -0.375 e. The van der Waals surface area contributed by atoms with E-state index in [0.717, 1.165) is 41.5 Å². The fourth-order valence-corrected chi connectivity index (χ4v) is 2.32. The van der Waals surface area contributed by atoms with Crippen LogP contribution in [0.5, 0.6) is 0 Å². The molecule has 1 N–H and O–H groups in total. The second-order valence-corrected chi connectivity index (χ2v) is 5.57. The molecule has 25 heavy (non-hydrogen) atoms. The number of hydrogen-bond acceptors (Lipinski definition) is 5. The zero-order valence-electron chi connectivity index (χ0n) is 13.9. The van der Waals surface area contributed by atoms with Gasteiger partial charge in [0.05, 0.1) is 11.1 Å². The summed E-state index contributed by atoms with van der Waals surface area (Å²) in [6.07, 6.45) is 1.81. The van der Waals surface area contributed by atoms with Crippen LogP contribution >= 0.6 is 0 Å². The van der Waals surface area contributed by atoms with Crippen molar-refractivity contribution in [2.45, 2.75) is 13.0 Å². The first-order chi connectivity index (χ1) is 12.0. The molecule has 0 bridgehead atoms. The molecule has 0 saturated carbocycles. The molecule has 1 aromatic carbocycles. The fraction of sp³-hybridized carbons (Fsp3) is 0.294. The van der Waals surface area contributed by atoms with E-state index in [1.165, 1.54) is 0 Å². The van der Waals surface area contributed by atoms with Crippen LogP contribution < -0.4 is 15.8 Å². The number of anilines is 1. The van der Waals surface area contributed by atoms with Crippen molar-refractivity contribution >= 4 is 17.3 Å². The standard InChI is InChI=1S/C17H20N4O4/c1-19(14-6-3-2-4-7-14)11-5-10-18-16(22)13-20-12-15(21(24)25)8-9-17(20)23/h2-4,6-9,12H,5,10-11,13H2,1H3,(H,18,22). The van der Waals surface area contributed by atoms with Crippen LogP contribution in [-0.4, -0.2) is 35.5 Å². The number of nitrogens with zero attached hydrogens (tertiary/aromatic N) is 3. The monoisotopic (exact) mass is 344 g/mol. The topological polar surface area (TPSA) is 97.5 Å². The van der Waals surface area contributed by atoms with Gasteiger partial charge in [-0.3, -0.25) is 24.3 Å². The number of rotatable bonds is 8. The number of para-hydroxylation sites is 1. The van der Waals surface area contributed by atoms with Crippen molar-refractivity contribution in [1.82, 2.24) is 9.88 Å². The highest BCUT2D eigenvalue weighted by atomic mass is 16.6. The summed E-state index contributed by atoms with van der Waals surface area (Å²) in [5.74, 6) is -0.357. The molecule has 1 aromatic heterocycles. The molecule has 0 saturated heterocycles. The zero-order chi connectivity index (χ0) is 18.2. The van der Waals surface area contributed by atoms with Crippen molar-refractivity contribution in [1.29, 1.82) is 0 Å². The number of benzene rings is 1. The minimum atomic E-state index is -0.604. The van der Waals surface area contributed by atoms with Crippen LogP contribution in [0.2, 0.25) is 0 Å². The highest BCUT2D eigenvalue weighted by Gasteiger charge is 2.10. The van der Waals surface area contributed by atoms with Crippen LogP contribution in [0.25, 0.3) is 0 Å². The van der Waals surface area contributed by atoms with Crippen LogP contribution in [0, 0.1) is 10.1 Å². The van der Waals surface area contributed by atoms with E-state index in [0.29, 0.717) is 6.54 Å². The van der Waals surface area contributed by atoms with Gasteiger partial charge in [-0.15, -0.1) is 0 Å². The lowest BCUT2D eigenvalue weighted by atomic mass is 10.3. The molecular weight excluding hydrogens is 324 g/mol. The van der Waals surface area contributed by atoms with E-state index in [4.69, 9.17) is 0 Å². The summed E-state index contributed by atoms with van der Waals surface area (Å²) in [5, 5.41) is 13.4. The summed E-state index contributed by atoms with van der Waals surface area (Å²) < 4.78 is 1.03. The van der Waals surface area contributed by atoms with Gasteiger partial charge in [-0.1, -0.05) is 18.2 Å². The third-order valence-electron chi connectivity index (χ3n) is 3.68. The molecule has 0 aliphatic carbocycles. The third kappa shape index (κ3) is 5.45. The second-order valence-electron chi connectivity index (χ2n) is 5.57. The molecule has 0 radical (unpaired) electrons. The molecule has 1 heterocycles. The van der Waals surface area contributed by atoms with Crippen molar-refractivity contribution in [3.63, 3.8) is 0 Å². The van der Waals surface area contributed by atoms with E-state index in [1.807, 2.05) is 37.4 Å². The average Bonchev–Trinajstić information content (AvgIpc) is 2.61. The first kappa shape index (κ1) is 18.2. The highest BCUT2D eigenvalue weighted by Crippen LogP contribution is 2.10. The smallest absolute Gasteiger partial charge is 0.285 e. The summed E-state index contributed by atoms with van der Waals surface area (Å²) in [5.41, 5.74) is 0.415. The predicted octanol–water partition coefficient (Wildman–Crippen LogP) is 1.40. The Morgan fingerprint density at radius 2 is 1.96 bits per heavy atom. The molecule has 0 aliphatic rings. The number of carbonyl (C=O) groups excluding carboxylic acids is 1. The maximum atomic E-state index is 11.9. The molecule has 8 nitrogen and oxygen atoms in total. The molecule has 132 valence electrons. The molecule has 0 spiro atoms. The van der Waals surface area contributed by atoms with Crippen molar-refractivity contribution in [3.05, 3.63) is 69.1 Å². The van der Waals surface area contributed by atoms with Gasteiger partial charge >= 0.3 is 0 Å². The van der Waals surface area contributed by atoms with Gasteiger partial charge in [-0.05, 0) is 18.6 Å². The molecule has 1 amide bonds. The van der Waals surface area contributed by atoms with Crippen molar-refractivity contribution in [2.75, 3.05) is 25.0 Å². The van der Waals surface area contributed by atoms with E-state index in [9.17, 15) is 19.7 Å². The van der Waals surface area contributed by atoms with Gasteiger partial charge in [0.15, 0.2) is 0 Å². The summed E-state index contributed by atoms with van der Waals surface area (Å²) >= 11 is 0. The molecule has 2 rings (SSSR count). The molecule has 0 fully saturated rings. The minimum absolute atomic E-state index is 0.225. The summed E-state index contributed by atoms with van der Waals surface area (Å²) in [6.45, 7) is 0.982.